The van der Waals surface area contributed by atoms with Gasteiger partial charge < -0.3 is 4.98 Å². The average molecular weight is 248 g/mol. The highest BCUT2D eigenvalue weighted by Crippen LogP contribution is 2.32. The maximum Gasteiger partial charge on any atom is 0.0462 e. The summed E-state index contributed by atoms with van der Waals surface area (Å²) in [4.78, 5) is 3.47. The SMILES string of the molecule is BrC1=Cc2c([nH]c3ccccc23)CC1. The van der Waals surface area contributed by atoms with Gasteiger partial charge in [0.25, 0.3) is 0 Å². The van der Waals surface area contributed by atoms with Crippen molar-refractivity contribution in [3.8, 4) is 0 Å². The number of aromatic amines is 1. The maximum atomic E-state index is 3.58. The number of H-pyrrole nitrogens is 1. The Kier molecular flexibility index (Phi) is 1.77. The van der Waals surface area contributed by atoms with Gasteiger partial charge in [-0.1, -0.05) is 34.1 Å². The van der Waals surface area contributed by atoms with E-state index in [1.54, 1.807) is 0 Å². The average Bonchev–Trinajstić information content (AvgIpc) is 2.56. The van der Waals surface area contributed by atoms with E-state index in [2.05, 4.69) is 51.3 Å². The second-order valence-electron chi connectivity index (χ2n) is 3.65. The summed E-state index contributed by atoms with van der Waals surface area (Å²) in [6.07, 6.45) is 4.46. The van der Waals surface area contributed by atoms with Crippen LogP contribution in [-0.4, -0.2) is 4.98 Å². The molecule has 1 heterocycles. The molecule has 2 heteroatoms. The van der Waals surface area contributed by atoms with E-state index >= 15 is 0 Å². The Balaban J connectivity index is 2.37. The predicted molar refractivity (Wildman–Crippen MR) is 63.5 cm³/mol. The number of hydrogen-bond donors (Lipinski definition) is 1. The number of halogens is 1. The number of aromatic nitrogens is 1. The van der Waals surface area contributed by atoms with E-state index in [4.69, 9.17) is 0 Å². The topological polar surface area (TPSA) is 15.8 Å². The highest BCUT2D eigenvalue weighted by molar-refractivity contribution is 9.11. The number of allylic oxidation sites excluding steroid dienone is 1. The fourth-order valence-electron chi connectivity index (χ4n) is 2.05. The molecule has 2 aromatic rings. The van der Waals surface area contributed by atoms with Crippen molar-refractivity contribution in [3.63, 3.8) is 0 Å². The fraction of sp³-hybridized carbons (Fsp3) is 0.167. The van der Waals surface area contributed by atoms with Crippen molar-refractivity contribution in [2.24, 2.45) is 0 Å². The van der Waals surface area contributed by atoms with Crippen LogP contribution < -0.4 is 0 Å². The van der Waals surface area contributed by atoms with Gasteiger partial charge in [0.1, 0.15) is 0 Å². The standard InChI is InChI=1S/C12H10BrN/c13-8-5-6-12-10(7-8)9-3-1-2-4-11(9)14-12/h1-4,7,14H,5-6H2. The number of aryl methyl sites for hydroxylation is 1. The Morgan fingerprint density at radius 2 is 2.00 bits per heavy atom. The number of hydrogen-bond acceptors (Lipinski definition) is 0. The van der Waals surface area contributed by atoms with Gasteiger partial charge in [0.2, 0.25) is 0 Å². The molecule has 70 valence electrons. The largest absolute Gasteiger partial charge is 0.358 e. The lowest BCUT2D eigenvalue weighted by molar-refractivity contribution is 0.943. The smallest absolute Gasteiger partial charge is 0.0462 e. The molecule has 0 aliphatic heterocycles. The lowest BCUT2D eigenvalue weighted by Gasteiger charge is -2.07. The normalized spacial score (nSPS) is 15.4. The van der Waals surface area contributed by atoms with Crippen molar-refractivity contribution in [2.45, 2.75) is 12.8 Å². The van der Waals surface area contributed by atoms with Gasteiger partial charge in [-0.05, 0) is 29.5 Å². The first-order chi connectivity index (χ1) is 6.84. The van der Waals surface area contributed by atoms with Gasteiger partial charge in [-0.25, -0.2) is 0 Å². The predicted octanol–water partition coefficient (Wildman–Crippen LogP) is 3.85. The van der Waals surface area contributed by atoms with Crippen LogP contribution in [-0.2, 0) is 6.42 Å². The molecule has 0 saturated heterocycles. The minimum absolute atomic E-state index is 1.11. The van der Waals surface area contributed by atoms with Crippen molar-refractivity contribution in [1.82, 2.24) is 4.98 Å². The Morgan fingerprint density at radius 3 is 2.93 bits per heavy atom. The zero-order chi connectivity index (χ0) is 9.54. The van der Waals surface area contributed by atoms with Crippen LogP contribution in [0.3, 0.4) is 0 Å². The lowest BCUT2D eigenvalue weighted by Crippen LogP contribution is -1.93. The summed E-state index contributed by atoms with van der Waals surface area (Å²) in [5.74, 6) is 0. The van der Waals surface area contributed by atoms with Crippen molar-refractivity contribution in [3.05, 3.63) is 40.0 Å². The zero-order valence-corrected chi connectivity index (χ0v) is 9.26. The highest BCUT2D eigenvalue weighted by Gasteiger charge is 2.13. The number of nitrogens with one attached hydrogen (secondary N) is 1. The van der Waals surface area contributed by atoms with Crippen molar-refractivity contribution in [2.75, 3.05) is 0 Å². The summed E-state index contributed by atoms with van der Waals surface area (Å²) < 4.78 is 1.30. The number of rotatable bonds is 0. The van der Waals surface area contributed by atoms with Crippen molar-refractivity contribution >= 4 is 32.9 Å². The molecular formula is C12H10BrN. The second kappa shape index (κ2) is 2.99. The molecule has 0 bridgehead atoms. The first kappa shape index (κ1) is 8.30. The molecule has 0 amide bonds. The van der Waals surface area contributed by atoms with Gasteiger partial charge >= 0.3 is 0 Å². The van der Waals surface area contributed by atoms with Gasteiger partial charge in [-0.15, -0.1) is 0 Å². The van der Waals surface area contributed by atoms with Gasteiger partial charge in [0.15, 0.2) is 0 Å². The van der Waals surface area contributed by atoms with Crippen LogP contribution in [0.25, 0.3) is 17.0 Å². The quantitative estimate of drug-likeness (QED) is 0.728. The molecule has 14 heavy (non-hydrogen) atoms. The van der Waals surface area contributed by atoms with E-state index in [-0.39, 0.29) is 0 Å². The highest BCUT2D eigenvalue weighted by atomic mass is 79.9. The lowest BCUT2D eigenvalue weighted by atomic mass is 10.0. The summed E-state index contributed by atoms with van der Waals surface area (Å²) in [7, 11) is 0. The Bertz CT molecular complexity index is 522. The molecular weight excluding hydrogens is 238 g/mol. The Morgan fingerprint density at radius 1 is 1.14 bits per heavy atom. The molecule has 0 radical (unpaired) electrons. The molecule has 1 N–H and O–H groups in total. The van der Waals surface area contributed by atoms with Crippen LogP contribution in [0, 0.1) is 0 Å². The number of para-hydroxylation sites is 1. The molecule has 1 aliphatic rings. The molecule has 1 aromatic carbocycles. The first-order valence-electron chi connectivity index (χ1n) is 4.80. The van der Waals surface area contributed by atoms with Gasteiger partial charge in [-0.2, -0.15) is 0 Å². The van der Waals surface area contributed by atoms with Crippen molar-refractivity contribution in [1.29, 1.82) is 0 Å². The molecule has 0 unspecified atom stereocenters. The van der Waals surface area contributed by atoms with Crippen LogP contribution >= 0.6 is 15.9 Å². The molecule has 0 saturated carbocycles. The van der Waals surface area contributed by atoms with Crippen LogP contribution in [0.1, 0.15) is 17.7 Å². The summed E-state index contributed by atoms with van der Waals surface area (Å²) >= 11 is 3.58. The zero-order valence-electron chi connectivity index (χ0n) is 7.68. The summed E-state index contributed by atoms with van der Waals surface area (Å²) in [5, 5.41) is 1.33. The summed E-state index contributed by atoms with van der Waals surface area (Å²) in [6, 6.07) is 8.47. The molecule has 0 spiro atoms. The summed E-state index contributed by atoms with van der Waals surface area (Å²) in [6.45, 7) is 0. The molecule has 0 atom stereocenters. The maximum absolute atomic E-state index is 3.58. The van der Waals surface area contributed by atoms with Crippen LogP contribution in [0.4, 0.5) is 0 Å². The third-order valence-electron chi connectivity index (χ3n) is 2.74. The minimum Gasteiger partial charge on any atom is -0.358 e. The summed E-state index contributed by atoms with van der Waals surface area (Å²) in [5.41, 5.74) is 3.98. The van der Waals surface area contributed by atoms with Crippen LogP contribution in [0.2, 0.25) is 0 Å². The van der Waals surface area contributed by atoms with E-state index < -0.39 is 0 Å². The first-order valence-corrected chi connectivity index (χ1v) is 5.59. The molecule has 1 aliphatic carbocycles. The monoisotopic (exact) mass is 247 g/mol. The van der Waals surface area contributed by atoms with E-state index in [0.29, 0.717) is 0 Å². The van der Waals surface area contributed by atoms with Gasteiger partial charge in [0, 0.05) is 22.2 Å². The van der Waals surface area contributed by atoms with Crippen molar-refractivity contribution < 1.29 is 0 Å². The van der Waals surface area contributed by atoms with Gasteiger partial charge in [-0.3, -0.25) is 0 Å². The van der Waals surface area contributed by atoms with E-state index in [1.807, 2.05) is 0 Å². The minimum atomic E-state index is 1.11. The third kappa shape index (κ3) is 1.14. The van der Waals surface area contributed by atoms with E-state index in [0.717, 1.165) is 12.8 Å². The molecule has 1 aromatic heterocycles. The fourth-order valence-corrected chi connectivity index (χ4v) is 2.48. The third-order valence-corrected chi connectivity index (χ3v) is 3.37. The molecule has 1 nitrogen and oxygen atoms in total. The van der Waals surface area contributed by atoms with E-state index in [9.17, 15) is 0 Å². The second-order valence-corrected chi connectivity index (χ2v) is 4.67. The molecule has 0 fully saturated rings. The van der Waals surface area contributed by atoms with Crippen LogP contribution in [0.15, 0.2) is 28.7 Å². The number of fused-ring (bicyclic) bond motifs is 3. The van der Waals surface area contributed by atoms with E-state index in [1.165, 1.54) is 26.6 Å². The number of benzene rings is 1. The molecule has 3 rings (SSSR count). The van der Waals surface area contributed by atoms with Crippen LogP contribution in [0.5, 0.6) is 0 Å². The Labute approximate surface area is 91.0 Å². The Hall–Kier alpha value is -1.02. The van der Waals surface area contributed by atoms with Gasteiger partial charge in [0.05, 0.1) is 0 Å².